The molecule has 0 bridgehead atoms. The Bertz CT molecular complexity index is 1110. The van der Waals surface area contributed by atoms with Gasteiger partial charge in [-0.1, -0.05) is 6.07 Å². The Morgan fingerprint density at radius 2 is 1.83 bits per heavy atom. The molecule has 2 aliphatic heterocycles. The molecule has 6 rings (SSSR count). The van der Waals surface area contributed by atoms with E-state index in [1.807, 2.05) is 17.4 Å². The van der Waals surface area contributed by atoms with Crippen LogP contribution in [-0.2, 0) is 19.4 Å². The number of rotatable bonds is 3. The highest BCUT2D eigenvalue weighted by atomic mass is 35.5. The fourth-order valence-corrected chi connectivity index (χ4v) is 6.23. The number of fused-ring (bicyclic) bond motifs is 4. The van der Waals surface area contributed by atoms with Crippen molar-refractivity contribution >= 4 is 39.0 Å². The van der Waals surface area contributed by atoms with Crippen LogP contribution in [0, 0.1) is 0 Å². The molecule has 3 aliphatic rings. The molecule has 3 aromatic rings. The average molecular weight is 443 g/mol. The SMILES string of the molecule is Clc1nc(N2CCN(Cc3ccc4c(c3)OCO4)CC2)c2c3c(sc2n1)CCCC3. The van der Waals surface area contributed by atoms with Gasteiger partial charge in [0.25, 0.3) is 0 Å². The molecule has 1 saturated heterocycles. The third-order valence-electron chi connectivity index (χ3n) is 6.28. The van der Waals surface area contributed by atoms with E-state index in [2.05, 4.69) is 26.9 Å². The van der Waals surface area contributed by atoms with Crippen molar-refractivity contribution in [2.24, 2.45) is 0 Å². The minimum Gasteiger partial charge on any atom is -0.454 e. The van der Waals surface area contributed by atoms with Gasteiger partial charge in [0.2, 0.25) is 12.1 Å². The Morgan fingerprint density at radius 1 is 1.00 bits per heavy atom. The summed E-state index contributed by atoms with van der Waals surface area (Å²) in [5.74, 6) is 2.73. The highest BCUT2D eigenvalue weighted by molar-refractivity contribution is 7.19. The van der Waals surface area contributed by atoms with Gasteiger partial charge in [0, 0.05) is 37.6 Å². The monoisotopic (exact) mass is 442 g/mol. The molecule has 4 heterocycles. The van der Waals surface area contributed by atoms with Crippen LogP contribution in [-0.4, -0.2) is 47.8 Å². The Labute approximate surface area is 184 Å². The second kappa shape index (κ2) is 7.55. The smallest absolute Gasteiger partial charge is 0.231 e. The molecule has 0 radical (unpaired) electrons. The van der Waals surface area contributed by atoms with Gasteiger partial charge in [0.15, 0.2) is 11.5 Å². The van der Waals surface area contributed by atoms with Gasteiger partial charge < -0.3 is 14.4 Å². The predicted molar refractivity (Wildman–Crippen MR) is 119 cm³/mol. The van der Waals surface area contributed by atoms with E-state index < -0.39 is 0 Å². The lowest BCUT2D eigenvalue weighted by atomic mass is 9.97. The second-order valence-electron chi connectivity index (χ2n) is 8.16. The molecule has 0 unspecified atom stereocenters. The third-order valence-corrected chi connectivity index (χ3v) is 7.64. The summed E-state index contributed by atoms with van der Waals surface area (Å²) in [5, 5.41) is 1.61. The molecule has 6 nitrogen and oxygen atoms in total. The van der Waals surface area contributed by atoms with Crippen LogP contribution in [0.1, 0.15) is 28.8 Å². The maximum absolute atomic E-state index is 6.31. The van der Waals surface area contributed by atoms with Gasteiger partial charge >= 0.3 is 0 Å². The number of nitrogens with zero attached hydrogens (tertiary/aromatic N) is 4. The largest absolute Gasteiger partial charge is 0.454 e. The fourth-order valence-electron chi connectivity index (χ4n) is 4.76. The zero-order valence-corrected chi connectivity index (χ0v) is 18.3. The van der Waals surface area contributed by atoms with Crippen LogP contribution >= 0.6 is 22.9 Å². The molecule has 2 aromatic heterocycles. The molecule has 8 heteroatoms. The molecule has 0 spiro atoms. The predicted octanol–water partition coefficient (Wildman–Crippen LogP) is 4.27. The Kier molecular flexibility index (Phi) is 4.70. The van der Waals surface area contributed by atoms with Gasteiger partial charge in [0.1, 0.15) is 10.6 Å². The Hall–Kier alpha value is -2.09. The molecule has 1 fully saturated rings. The molecule has 1 aliphatic carbocycles. The number of piperazine rings is 1. The molecular weight excluding hydrogens is 420 g/mol. The van der Waals surface area contributed by atoms with E-state index in [1.54, 1.807) is 0 Å². The van der Waals surface area contributed by atoms with Crippen molar-refractivity contribution in [1.29, 1.82) is 0 Å². The number of ether oxygens (including phenoxy) is 2. The maximum Gasteiger partial charge on any atom is 0.231 e. The molecule has 30 heavy (non-hydrogen) atoms. The van der Waals surface area contributed by atoms with E-state index in [0.29, 0.717) is 12.1 Å². The zero-order valence-electron chi connectivity index (χ0n) is 16.7. The van der Waals surface area contributed by atoms with Crippen LogP contribution in [0.5, 0.6) is 11.5 Å². The van der Waals surface area contributed by atoms with Crippen LogP contribution in [0.25, 0.3) is 10.2 Å². The molecular formula is C22H23ClN4O2S. The first-order valence-corrected chi connectivity index (χ1v) is 11.8. The number of halogens is 1. The number of anilines is 1. The topological polar surface area (TPSA) is 50.7 Å². The summed E-state index contributed by atoms with van der Waals surface area (Å²) in [6, 6.07) is 6.23. The van der Waals surface area contributed by atoms with Gasteiger partial charge in [0.05, 0.1) is 5.39 Å². The van der Waals surface area contributed by atoms with Crippen molar-refractivity contribution in [3.05, 3.63) is 39.5 Å². The lowest BCUT2D eigenvalue weighted by molar-refractivity contribution is 0.174. The molecule has 0 atom stereocenters. The van der Waals surface area contributed by atoms with E-state index in [0.717, 1.165) is 67.7 Å². The molecule has 0 saturated carbocycles. The first-order chi connectivity index (χ1) is 14.7. The van der Waals surface area contributed by atoms with Crippen molar-refractivity contribution in [1.82, 2.24) is 14.9 Å². The summed E-state index contributed by atoms with van der Waals surface area (Å²) >= 11 is 8.12. The van der Waals surface area contributed by atoms with Crippen LogP contribution in [0.15, 0.2) is 18.2 Å². The molecule has 156 valence electrons. The zero-order chi connectivity index (χ0) is 20.1. The van der Waals surface area contributed by atoms with Crippen molar-refractivity contribution in [3.63, 3.8) is 0 Å². The summed E-state index contributed by atoms with van der Waals surface area (Å²) in [6.45, 7) is 5.10. The normalized spacial score (nSPS) is 18.8. The fraction of sp³-hybridized carbons (Fsp3) is 0.455. The average Bonchev–Trinajstić information content (AvgIpc) is 3.37. The standard InChI is InChI=1S/C22H23ClN4O2S/c23-22-24-20(19-15-3-1-2-4-18(15)30-21(19)25-22)27-9-7-26(8-10-27)12-14-5-6-16-17(11-14)29-13-28-16/h5-6,11H,1-4,7-10,12-13H2. The summed E-state index contributed by atoms with van der Waals surface area (Å²) in [5.41, 5.74) is 2.72. The second-order valence-corrected chi connectivity index (χ2v) is 9.58. The molecule has 1 aromatic carbocycles. The number of benzene rings is 1. The lowest BCUT2D eigenvalue weighted by Crippen LogP contribution is -2.46. The van der Waals surface area contributed by atoms with Crippen LogP contribution in [0.3, 0.4) is 0 Å². The minimum atomic E-state index is 0.319. The molecule has 0 amide bonds. The van der Waals surface area contributed by atoms with Gasteiger partial charge in [-0.15, -0.1) is 11.3 Å². The van der Waals surface area contributed by atoms with E-state index >= 15 is 0 Å². The van der Waals surface area contributed by atoms with Crippen molar-refractivity contribution in [2.75, 3.05) is 37.9 Å². The van der Waals surface area contributed by atoms with E-state index in [9.17, 15) is 0 Å². The minimum absolute atomic E-state index is 0.319. The van der Waals surface area contributed by atoms with Crippen LogP contribution in [0.4, 0.5) is 5.82 Å². The first-order valence-electron chi connectivity index (χ1n) is 10.6. The Morgan fingerprint density at radius 3 is 2.73 bits per heavy atom. The first kappa shape index (κ1) is 18.7. The number of aryl methyl sites for hydroxylation is 2. The summed E-state index contributed by atoms with van der Waals surface area (Å²) in [7, 11) is 0. The van der Waals surface area contributed by atoms with E-state index in [1.165, 1.54) is 34.2 Å². The van der Waals surface area contributed by atoms with Gasteiger partial charge in [-0.2, -0.15) is 4.98 Å². The van der Waals surface area contributed by atoms with Gasteiger partial charge in [-0.25, -0.2) is 4.98 Å². The Balaban J connectivity index is 1.21. The molecule has 0 N–H and O–H groups in total. The van der Waals surface area contributed by atoms with Crippen LogP contribution < -0.4 is 14.4 Å². The quantitative estimate of drug-likeness (QED) is 0.564. The third kappa shape index (κ3) is 3.29. The van der Waals surface area contributed by atoms with Gasteiger partial charge in [-0.3, -0.25) is 4.90 Å². The maximum atomic E-state index is 6.31. The number of hydrogen-bond donors (Lipinski definition) is 0. The summed E-state index contributed by atoms with van der Waals surface area (Å²) < 4.78 is 10.9. The number of aromatic nitrogens is 2. The number of thiophene rings is 1. The summed E-state index contributed by atoms with van der Waals surface area (Å²) in [6.07, 6.45) is 4.83. The van der Waals surface area contributed by atoms with E-state index in [-0.39, 0.29) is 0 Å². The van der Waals surface area contributed by atoms with Crippen molar-refractivity contribution < 1.29 is 9.47 Å². The van der Waals surface area contributed by atoms with Crippen LogP contribution in [0.2, 0.25) is 5.28 Å². The van der Waals surface area contributed by atoms with Crippen molar-refractivity contribution in [3.8, 4) is 11.5 Å². The summed E-state index contributed by atoms with van der Waals surface area (Å²) in [4.78, 5) is 16.7. The van der Waals surface area contributed by atoms with E-state index in [4.69, 9.17) is 26.1 Å². The van der Waals surface area contributed by atoms with Crippen molar-refractivity contribution in [2.45, 2.75) is 32.2 Å². The highest BCUT2D eigenvalue weighted by Gasteiger charge is 2.26. The highest BCUT2D eigenvalue weighted by Crippen LogP contribution is 2.40. The lowest BCUT2D eigenvalue weighted by Gasteiger charge is -2.36. The number of hydrogen-bond acceptors (Lipinski definition) is 7. The van der Waals surface area contributed by atoms with Gasteiger partial charge in [-0.05, 0) is 60.5 Å².